The van der Waals surface area contributed by atoms with Gasteiger partial charge in [-0.05, 0) is 18.6 Å². The van der Waals surface area contributed by atoms with Gasteiger partial charge in [0.15, 0.2) is 0 Å². The van der Waals surface area contributed by atoms with E-state index in [0.29, 0.717) is 11.4 Å². The first kappa shape index (κ1) is 13.3. The normalized spacial score (nSPS) is 11.2. The number of hydrogen-bond donors (Lipinski definition) is 2. The Morgan fingerprint density at radius 1 is 1.41 bits per heavy atom. The first-order valence-electron chi connectivity index (χ1n) is 4.88. The third-order valence-corrected chi connectivity index (χ3v) is 1.89. The van der Waals surface area contributed by atoms with Crippen LogP contribution in [0.5, 0.6) is 5.75 Å². The Labute approximate surface area is 96.1 Å². The average Bonchev–Trinajstić information content (AvgIpc) is 2.24. The summed E-state index contributed by atoms with van der Waals surface area (Å²) < 4.78 is 40.5. The van der Waals surface area contributed by atoms with E-state index in [2.05, 4.69) is 4.98 Å². The van der Waals surface area contributed by atoms with E-state index in [1.165, 1.54) is 18.3 Å². The van der Waals surface area contributed by atoms with Gasteiger partial charge in [-0.2, -0.15) is 13.2 Å². The Kier molecular flexibility index (Phi) is 4.30. The molecule has 1 aromatic rings. The van der Waals surface area contributed by atoms with Gasteiger partial charge in [-0.1, -0.05) is 0 Å². The summed E-state index contributed by atoms with van der Waals surface area (Å²) in [6.07, 6.45) is -3.80. The molecule has 0 fully saturated rings. The van der Waals surface area contributed by atoms with Gasteiger partial charge in [0, 0.05) is 6.42 Å². The number of nitrogens with one attached hydrogen (secondary N) is 1. The largest absolute Gasteiger partial charge is 0.492 e. The molecule has 0 saturated carbocycles. The summed E-state index contributed by atoms with van der Waals surface area (Å²) in [5.41, 5.74) is 5.49. The monoisotopic (exact) mass is 247 g/mol. The maximum atomic E-state index is 11.8. The van der Waals surface area contributed by atoms with Crippen LogP contribution in [0.2, 0.25) is 0 Å². The van der Waals surface area contributed by atoms with Gasteiger partial charge in [0.25, 0.3) is 0 Å². The van der Waals surface area contributed by atoms with Crippen LogP contribution in [0.15, 0.2) is 18.3 Å². The van der Waals surface area contributed by atoms with Crippen molar-refractivity contribution >= 4 is 5.84 Å². The summed E-state index contributed by atoms with van der Waals surface area (Å²) >= 11 is 0. The van der Waals surface area contributed by atoms with Crippen molar-refractivity contribution in [2.45, 2.75) is 19.0 Å². The van der Waals surface area contributed by atoms with E-state index in [0.717, 1.165) is 0 Å². The summed E-state index contributed by atoms with van der Waals surface area (Å²) in [5, 5.41) is 7.09. The Morgan fingerprint density at radius 3 is 2.59 bits per heavy atom. The fourth-order valence-electron chi connectivity index (χ4n) is 1.09. The van der Waals surface area contributed by atoms with Crippen molar-refractivity contribution in [1.82, 2.24) is 4.98 Å². The highest BCUT2D eigenvalue weighted by molar-refractivity contribution is 5.92. The van der Waals surface area contributed by atoms with Crippen LogP contribution in [0.25, 0.3) is 0 Å². The van der Waals surface area contributed by atoms with E-state index in [4.69, 9.17) is 15.9 Å². The molecule has 94 valence electrons. The average molecular weight is 247 g/mol. The number of pyridine rings is 1. The molecule has 0 atom stereocenters. The van der Waals surface area contributed by atoms with Crippen molar-refractivity contribution in [3.8, 4) is 5.75 Å². The predicted octanol–water partition coefficient (Wildman–Crippen LogP) is 2.09. The molecule has 3 N–H and O–H groups in total. The van der Waals surface area contributed by atoms with Crippen LogP contribution in [0.4, 0.5) is 13.2 Å². The zero-order chi connectivity index (χ0) is 12.9. The number of amidine groups is 1. The fourth-order valence-corrected chi connectivity index (χ4v) is 1.09. The quantitative estimate of drug-likeness (QED) is 0.475. The second kappa shape index (κ2) is 5.51. The molecule has 0 aromatic carbocycles. The summed E-state index contributed by atoms with van der Waals surface area (Å²) in [6.45, 7) is -0.0272. The van der Waals surface area contributed by atoms with Crippen LogP contribution in [0.3, 0.4) is 0 Å². The molecule has 4 nitrogen and oxygen atoms in total. The van der Waals surface area contributed by atoms with Gasteiger partial charge in [0.1, 0.15) is 17.3 Å². The van der Waals surface area contributed by atoms with E-state index < -0.39 is 12.6 Å². The highest BCUT2D eigenvalue weighted by atomic mass is 19.4. The van der Waals surface area contributed by atoms with Crippen LogP contribution in [-0.2, 0) is 0 Å². The molecule has 1 rings (SSSR count). The summed E-state index contributed by atoms with van der Waals surface area (Å²) in [4.78, 5) is 3.81. The third-order valence-electron chi connectivity index (χ3n) is 1.89. The van der Waals surface area contributed by atoms with Gasteiger partial charge in [-0.15, -0.1) is 0 Å². The maximum Gasteiger partial charge on any atom is 0.389 e. The second-order valence-corrected chi connectivity index (χ2v) is 3.36. The number of rotatable bonds is 5. The Hall–Kier alpha value is -1.79. The van der Waals surface area contributed by atoms with Crippen LogP contribution < -0.4 is 10.5 Å². The molecule has 7 heteroatoms. The van der Waals surface area contributed by atoms with Gasteiger partial charge < -0.3 is 10.5 Å². The maximum absolute atomic E-state index is 11.8. The molecule has 0 aliphatic rings. The van der Waals surface area contributed by atoms with Crippen LogP contribution in [0, 0.1) is 5.41 Å². The molecule has 17 heavy (non-hydrogen) atoms. The SMILES string of the molecule is N=C(N)c1ccc(OCCCC(F)(F)F)cn1. The van der Waals surface area contributed by atoms with Crippen molar-refractivity contribution in [3.63, 3.8) is 0 Å². The van der Waals surface area contributed by atoms with E-state index >= 15 is 0 Å². The zero-order valence-electron chi connectivity index (χ0n) is 8.92. The number of ether oxygens (including phenoxy) is 1. The third kappa shape index (κ3) is 5.19. The molecule has 0 aliphatic carbocycles. The van der Waals surface area contributed by atoms with E-state index in [-0.39, 0.29) is 18.9 Å². The standard InChI is InChI=1S/C10H12F3N3O/c11-10(12,13)4-1-5-17-7-2-3-8(9(14)15)16-6-7/h2-3,6H,1,4-5H2,(H3,14,15). The van der Waals surface area contributed by atoms with Crippen molar-refractivity contribution in [2.75, 3.05) is 6.61 Å². The molecule has 0 bridgehead atoms. The number of halogens is 3. The molecule has 0 radical (unpaired) electrons. The van der Waals surface area contributed by atoms with Crippen LogP contribution in [-0.4, -0.2) is 23.6 Å². The number of hydrogen-bond acceptors (Lipinski definition) is 3. The molecule has 1 heterocycles. The highest BCUT2D eigenvalue weighted by Gasteiger charge is 2.26. The molecule has 1 aromatic heterocycles. The minimum absolute atomic E-state index is 0.0272. The minimum atomic E-state index is -4.15. The number of alkyl halides is 3. The van der Waals surface area contributed by atoms with Gasteiger partial charge in [-0.25, -0.2) is 4.98 Å². The predicted molar refractivity (Wildman–Crippen MR) is 56.0 cm³/mol. The topological polar surface area (TPSA) is 72.0 Å². The highest BCUT2D eigenvalue weighted by Crippen LogP contribution is 2.21. The number of nitrogen functional groups attached to an aromatic ring is 1. The van der Waals surface area contributed by atoms with E-state index in [1.54, 1.807) is 0 Å². The summed E-state index contributed by atoms with van der Waals surface area (Å²) in [7, 11) is 0. The molecule has 0 aliphatic heterocycles. The Balaban J connectivity index is 2.35. The van der Waals surface area contributed by atoms with Gasteiger partial charge in [0.2, 0.25) is 0 Å². The molecule has 0 spiro atoms. The van der Waals surface area contributed by atoms with Crippen molar-refractivity contribution < 1.29 is 17.9 Å². The lowest BCUT2D eigenvalue weighted by Crippen LogP contribution is -2.13. The number of nitrogens with zero attached hydrogens (tertiary/aromatic N) is 1. The smallest absolute Gasteiger partial charge is 0.389 e. The van der Waals surface area contributed by atoms with E-state index in [9.17, 15) is 13.2 Å². The van der Waals surface area contributed by atoms with Crippen molar-refractivity contribution in [2.24, 2.45) is 5.73 Å². The lowest BCUT2D eigenvalue weighted by Gasteiger charge is -2.08. The summed E-state index contributed by atoms with van der Waals surface area (Å²) in [6, 6.07) is 2.98. The number of aromatic nitrogens is 1. The lowest BCUT2D eigenvalue weighted by atomic mass is 10.3. The fraction of sp³-hybridized carbons (Fsp3) is 0.400. The molecule has 0 saturated heterocycles. The molecular weight excluding hydrogens is 235 g/mol. The van der Waals surface area contributed by atoms with E-state index in [1.807, 2.05) is 0 Å². The Bertz CT molecular complexity index is 375. The first-order chi connectivity index (χ1) is 7.88. The second-order valence-electron chi connectivity index (χ2n) is 3.36. The minimum Gasteiger partial charge on any atom is -0.492 e. The van der Waals surface area contributed by atoms with Crippen LogP contribution >= 0.6 is 0 Å². The number of nitrogens with two attached hydrogens (primary N) is 1. The summed E-state index contributed by atoms with van der Waals surface area (Å²) in [5.74, 6) is 0.186. The van der Waals surface area contributed by atoms with Crippen molar-refractivity contribution in [3.05, 3.63) is 24.0 Å². The van der Waals surface area contributed by atoms with Crippen LogP contribution in [0.1, 0.15) is 18.5 Å². The molecular formula is C10H12F3N3O. The van der Waals surface area contributed by atoms with Gasteiger partial charge >= 0.3 is 6.18 Å². The first-order valence-corrected chi connectivity index (χ1v) is 4.88. The lowest BCUT2D eigenvalue weighted by molar-refractivity contribution is -0.136. The van der Waals surface area contributed by atoms with Crippen molar-refractivity contribution in [1.29, 1.82) is 5.41 Å². The Morgan fingerprint density at radius 2 is 2.12 bits per heavy atom. The molecule has 0 unspecified atom stereocenters. The molecule has 0 amide bonds. The van der Waals surface area contributed by atoms with Gasteiger partial charge in [-0.3, -0.25) is 5.41 Å². The zero-order valence-corrected chi connectivity index (χ0v) is 8.92. The van der Waals surface area contributed by atoms with Gasteiger partial charge in [0.05, 0.1) is 12.8 Å².